The molecule has 2 N–H and O–H groups in total. The van der Waals surface area contributed by atoms with Gasteiger partial charge >= 0.3 is 0 Å². The minimum atomic E-state index is -0.725. The lowest BCUT2D eigenvalue weighted by Gasteiger charge is -2.23. The fourth-order valence-electron chi connectivity index (χ4n) is 4.67. The van der Waals surface area contributed by atoms with Crippen LogP contribution in [0.15, 0.2) is 18.3 Å². The van der Waals surface area contributed by atoms with Crippen molar-refractivity contribution < 1.29 is 19.0 Å². The number of likely N-dealkylation sites (N-methyl/N-ethyl adjacent to an activating group) is 1. The summed E-state index contributed by atoms with van der Waals surface area (Å²) in [5.74, 6) is 0.329. The lowest BCUT2D eigenvalue weighted by molar-refractivity contribution is 0.146. The predicted octanol–water partition coefficient (Wildman–Crippen LogP) is 2.97. The van der Waals surface area contributed by atoms with Crippen LogP contribution >= 0.6 is 0 Å². The van der Waals surface area contributed by atoms with Crippen LogP contribution in [0.1, 0.15) is 30.8 Å². The summed E-state index contributed by atoms with van der Waals surface area (Å²) in [5.41, 5.74) is 3.50. The van der Waals surface area contributed by atoms with E-state index >= 15 is 4.39 Å². The third kappa shape index (κ3) is 4.73. The number of rotatable bonds is 4. The van der Waals surface area contributed by atoms with Gasteiger partial charge in [-0.05, 0) is 39.1 Å². The van der Waals surface area contributed by atoms with E-state index in [0.717, 1.165) is 5.69 Å². The largest absolute Gasteiger partial charge is 0.473 e. The summed E-state index contributed by atoms with van der Waals surface area (Å²) in [6, 6.07) is 5.21. The molecule has 2 atom stereocenters. The minimum absolute atomic E-state index is 0.115. The van der Waals surface area contributed by atoms with Crippen molar-refractivity contribution in [3.63, 3.8) is 0 Å². The van der Waals surface area contributed by atoms with E-state index in [1.165, 1.54) is 6.07 Å². The molecular weight excluding hydrogens is 491 g/mol. The van der Waals surface area contributed by atoms with Gasteiger partial charge in [0.15, 0.2) is 6.10 Å². The number of aromatic nitrogens is 6. The highest BCUT2D eigenvalue weighted by Crippen LogP contribution is 2.36. The highest BCUT2D eigenvalue weighted by Gasteiger charge is 2.24. The molecule has 0 saturated carbocycles. The molecule has 0 radical (unpaired) electrons. The molecule has 2 unspecified atom stereocenters. The Morgan fingerprint density at radius 1 is 1.32 bits per heavy atom. The number of aromatic amines is 1. The average Bonchev–Trinajstić information content (AvgIpc) is 3.53. The van der Waals surface area contributed by atoms with Crippen LogP contribution in [0.4, 0.5) is 4.39 Å². The summed E-state index contributed by atoms with van der Waals surface area (Å²) in [4.78, 5) is 2.06. The second-order valence-corrected chi connectivity index (χ2v) is 9.43. The second kappa shape index (κ2) is 10.3. The zero-order chi connectivity index (χ0) is 27.0. The van der Waals surface area contributed by atoms with Gasteiger partial charge in [-0.1, -0.05) is 0 Å². The van der Waals surface area contributed by atoms with Crippen LogP contribution in [-0.2, 0) is 20.1 Å². The molecule has 0 amide bonds. The van der Waals surface area contributed by atoms with Crippen LogP contribution in [0, 0.1) is 17.1 Å². The van der Waals surface area contributed by atoms with Crippen LogP contribution in [0.2, 0.25) is 0 Å². The Labute approximate surface area is 218 Å². The number of hydrogen-bond acceptors (Lipinski definition) is 8. The smallest absolute Gasteiger partial charge is 0.241 e. The molecule has 2 bridgehead atoms. The molecule has 198 valence electrons. The molecule has 1 aliphatic rings. The number of nitrogens with one attached hydrogen (secondary N) is 1. The number of ether oxygens (including phenoxy) is 2. The maximum absolute atomic E-state index is 15.3. The summed E-state index contributed by atoms with van der Waals surface area (Å²) in [7, 11) is 3.71. The SMILES string of the molecule is CC(C#N)Oc1nn(CCO)c2c1/C=C/c1n[nH]c3cc(F)c(cc13)-c1cnn(C)c1OC(C)CN(C)C2. The molecule has 38 heavy (non-hydrogen) atoms. The Morgan fingerprint density at radius 3 is 2.89 bits per heavy atom. The van der Waals surface area contributed by atoms with Gasteiger partial charge in [0.1, 0.15) is 18.0 Å². The van der Waals surface area contributed by atoms with Crippen molar-refractivity contribution in [2.45, 2.75) is 39.1 Å². The third-order valence-corrected chi connectivity index (χ3v) is 6.41. The van der Waals surface area contributed by atoms with E-state index in [9.17, 15) is 10.4 Å². The highest BCUT2D eigenvalue weighted by molar-refractivity contribution is 5.93. The van der Waals surface area contributed by atoms with Crippen LogP contribution < -0.4 is 9.47 Å². The normalized spacial score (nSPS) is 17.7. The maximum Gasteiger partial charge on any atom is 0.241 e. The van der Waals surface area contributed by atoms with Gasteiger partial charge in [-0.15, -0.1) is 5.10 Å². The number of nitrogens with zero attached hydrogens (tertiary/aromatic N) is 7. The first kappa shape index (κ1) is 25.4. The van der Waals surface area contributed by atoms with Gasteiger partial charge in [-0.2, -0.15) is 15.5 Å². The van der Waals surface area contributed by atoms with Crippen molar-refractivity contribution in [3.8, 4) is 29.0 Å². The Bertz CT molecular complexity index is 1550. The van der Waals surface area contributed by atoms with Crippen molar-refractivity contribution in [2.24, 2.45) is 7.05 Å². The van der Waals surface area contributed by atoms with Gasteiger partial charge in [0.2, 0.25) is 11.8 Å². The van der Waals surface area contributed by atoms with Gasteiger partial charge < -0.3 is 14.6 Å². The van der Waals surface area contributed by atoms with Crippen molar-refractivity contribution in [1.82, 2.24) is 34.7 Å². The fourth-order valence-corrected chi connectivity index (χ4v) is 4.67. The van der Waals surface area contributed by atoms with Crippen LogP contribution in [0.3, 0.4) is 0 Å². The predicted molar refractivity (Wildman–Crippen MR) is 139 cm³/mol. The molecular formula is C26H29FN8O3. The molecule has 1 aromatic carbocycles. The molecule has 11 nitrogen and oxygen atoms in total. The van der Waals surface area contributed by atoms with Crippen molar-refractivity contribution in [3.05, 3.63) is 41.1 Å². The van der Waals surface area contributed by atoms with E-state index in [1.807, 2.05) is 20.0 Å². The first-order valence-corrected chi connectivity index (χ1v) is 12.3. The Kier molecular flexibility index (Phi) is 6.88. The van der Waals surface area contributed by atoms with Crippen LogP contribution in [0.25, 0.3) is 34.2 Å². The monoisotopic (exact) mass is 520 g/mol. The number of halogens is 1. The summed E-state index contributed by atoms with van der Waals surface area (Å²) in [5, 5.41) is 35.9. The lowest BCUT2D eigenvalue weighted by Crippen LogP contribution is -2.32. The summed E-state index contributed by atoms with van der Waals surface area (Å²) in [6.45, 7) is 4.72. The first-order chi connectivity index (χ1) is 18.3. The number of fused-ring (bicyclic) bond motifs is 4. The number of benzene rings is 1. The molecule has 3 aromatic heterocycles. The Balaban J connectivity index is 1.71. The molecule has 0 fully saturated rings. The molecule has 4 heterocycles. The molecule has 1 aliphatic heterocycles. The van der Waals surface area contributed by atoms with Crippen molar-refractivity contribution >= 4 is 23.1 Å². The van der Waals surface area contributed by atoms with Gasteiger partial charge in [0.25, 0.3) is 0 Å². The topological polar surface area (TPSA) is 130 Å². The molecule has 0 spiro atoms. The summed E-state index contributed by atoms with van der Waals surface area (Å²) in [6.07, 6.45) is 4.24. The standard InChI is InChI=1S/C26H29FN8O3/c1-15(11-28)37-25-17-5-6-22-19-9-18(21(27)10-23(19)31-30-22)20-12-29-34(4)26(20)38-16(2)13-33(3)14-24(17)35(32-25)7-8-36/h5-6,9-10,12,15-16,36H,7-8,13-14H2,1-4H3,(H,30,31)/b6-5+. The van der Waals surface area contributed by atoms with E-state index in [4.69, 9.17) is 9.47 Å². The number of H-pyrrole nitrogens is 1. The number of aryl methyl sites for hydroxylation is 1. The van der Waals surface area contributed by atoms with E-state index in [-0.39, 0.29) is 25.1 Å². The van der Waals surface area contributed by atoms with Gasteiger partial charge in [0.05, 0.1) is 47.4 Å². The number of aliphatic hydroxyl groups is 1. The minimum Gasteiger partial charge on any atom is -0.473 e. The molecule has 4 aromatic rings. The van der Waals surface area contributed by atoms with E-state index in [1.54, 1.807) is 41.7 Å². The maximum atomic E-state index is 15.3. The highest BCUT2D eigenvalue weighted by atomic mass is 19.1. The average molecular weight is 521 g/mol. The zero-order valence-electron chi connectivity index (χ0n) is 21.6. The number of hydrogen-bond donors (Lipinski definition) is 2. The van der Waals surface area contributed by atoms with Gasteiger partial charge in [-0.3, -0.25) is 14.7 Å². The molecule has 12 heteroatoms. The van der Waals surface area contributed by atoms with Gasteiger partial charge in [-0.25, -0.2) is 9.07 Å². The van der Waals surface area contributed by atoms with Crippen LogP contribution in [-0.4, -0.2) is 72.2 Å². The second-order valence-electron chi connectivity index (χ2n) is 9.43. The Morgan fingerprint density at radius 2 is 2.13 bits per heavy atom. The molecule has 5 rings (SSSR count). The van der Waals surface area contributed by atoms with Crippen LogP contribution in [0.5, 0.6) is 11.8 Å². The lowest BCUT2D eigenvalue weighted by atomic mass is 10.0. The van der Waals surface area contributed by atoms with Gasteiger partial charge in [0, 0.05) is 37.2 Å². The number of nitriles is 1. The zero-order valence-corrected chi connectivity index (χ0v) is 21.6. The van der Waals surface area contributed by atoms with Crippen molar-refractivity contribution in [1.29, 1.82) is 5.26 Å². The summed E-state index contributed by atoms with van der Waals surface area (Å²) >= 11 is 0. The van der Waals surface area contributed by atoms with E-state index in [2.05, 4.69) is 31.4 Å². The summed E-state index contributed by atoms with van der Waals surface area (Å²) < 4.78 is 30.7. The number of aliphatic hydroxyl groups excluding tert-OH is 1. The molecule has 0 aliphatic carbocycles. The quantitative estimate of drug-likeness (QED) is 0.420. The fraction of sp³-hybridized carbons (Fsp3) is 0.385. The van der Waals surface area contributed by atoms with E-state index in [0.29, 0.717) is 52.3 Å². The third-order valence-electron chi connectivity index (χ3n) is 6.41. The molecule has 0 saturated heterocycles. The van der Waals surface area contributed by atoms with E-state index < -0.39 is 11.9 Å². The Hall–Kier alpha value is -4.21. The first-order valence-electron chi connectivity index (χ1n) is 12.3. The van der Waals surface area contributed by atoms with Crippen molar-refractivity contribution in [2.75, 3.05) is 20.2 Å².